The van der Waals surface area contributed by atoms with Crippen LogP contribution >= 0.6 is 0 Å². The first-order chi connectivity index (χ1) is 8.78. The van der Waals surface area contributed by atoms with Gasteiger partial charge in [-0.1, -0.05) is 0 Å². The van der Waals surface area contributed by atoms with Crippen LogP contribution in [0.15, 0.2) is 4.99 Å². The van der Waals surface area contributed by atoms with Crippen molar-refractivity contribution in [1.82, 2.24) is 5.32 Å². The van der Waals surface area contributed by atoms with Gasteiger partial charge in [0.2, 0.25) is 0 Å². The molecule has 4 nitrogen and oxygen atoms in total. The molecule has 2 aliphatic carbocycles. The topological polar surface area (TPSA) is 59.6 Å². The average Bonchev–Trinajstić information content (AvgIpc) is 2.35. The summed E-state index contributed by atoms with van der Waals surface area (Å²) in [6.45, 7) is 0.869. The number of hydrogen-bond acceptors (Lipinski definition) is 2. The van der Waals surface area contributed by atoms with Crippen molar-refractivity contribution in [3.8, 4) is 0 Å². The molecule has 0 aromatic carbocycles. The zero-order chi connectivity index (χ0) is 12.8. The minimum atomic E-state index is 0.495. The predicted octanol–water partition coefficient (Wildman–Crippen LogP) is 2.04. The molecule has 0 saturated heterocycles. The maximum atomic E-state index is 5.86. The first kappa shape index (κ1) is 13.7. The third kappa shape index (κ3) is 4.16. The van der Waals surface area contributed by atoms with Crippen LogP contribution in [0.5, 0.6) is 0 Å². The molecule has 18 heavy (non-hydrogen) atoms. The lowest BCUT2D eigenvalue weighted by Crippen LogP contribution is -2.43. The number of hydrogen-bond donors (Lipinski definition) is 2. The third-order valence-corrected chi connectivity index (χ3v) is 4.40. The van der Waals surface area contributed by atoms with E-state index in [0.717, 1.165) is 12.5 Å². The van der Waals surface area contributed by atoms with Gasteiger partial charge in [0.15, 0.2) is 5.96 Å². The fourth-order valence-electron chi connectivity index (χ4n) is 2.83. The van der Waals surface area contributed by atoms with Gasteiger partial charge >= 0.3 is 0 Å². The Kier molecular flexibility index (Phi) is 5.29. The van der Waals surface area contributed by atoms with Crippen molar-refractivity contribution < 1.29 is 4.74 Å². The monoisotopic (exact) mass is 253 g/mol. The Hall–Kier alpha value is -0.770. The van der Waals surface area contributed by atoms with Gasteiger partial charge < -0.3 is 15.8 Å². The first-order valence-corrected chi connectivity index (χ1v) is 7.37. The molecule has 0 amide bonds. The fraction of sp³-hybridized carbons (Fsp3) is 0.929. The zero-order valence-electron chi connectivity index (χ0n) is 11.5. The van der Waals surface area contributed by atoms with Crippen molar-refractivity contribution >= 4 is 5.96 Å². The Morgan fingerprint density at radius 3 is 2.50 bits per heavy atom. The summed E-state index contributed by atoms with van der Waals surface area (Å²) in [5.74, 6) is 1.46. The van der Waals surface area contributed by atoms with Gasteiger partial charge in [-0.3, -0.25) is 4.99 Å². The minimum absolute atomic E-state index is 0.495. The van der Waals surface area contributed by atoms with Crippen molar-refractivity contribution in [2.45, 2.75) is 63.5 Å². The number of nitrogens with one attached hydrogen (secondary N) is 1. The van der Waals surface area contributed by atoms with Crippen LogP contribution in [0.1, 0.15) is 51.4 Å². The molecule has 0 spiro atoms. The third-order valence-electron chi connectivity index (χ3n) is 4.40. The smallest absolute Gasteiger partial charge is 0.188 e. The van der Waals surface area contributed by atoms with E-state index in [0.29, 0.717) is 18.1 Å². The van der Waals surface area contributed by atoms with Crippen molar-refractivity contribution in [2.24, 2.45) is 16.6 Å². The Labute approximate surface area is 110 Å². The molecule has 2 rings (SSSR count). The van der Waals surface area contributed by atoms with Crippen LogP contribution in [-0.2, 0) is 4.74 Å². The van der Waals surface area contributed by atoms with Gasteiger partial charge in [0.1, 0.15) is 0 Å². The van der Waals surface area contributed by atoms with Gasteiger partial charge in [0, 0.05) is 19.7 Å². The summed E-state index contributed by atoms with van der Waals surface area (Å²) >= 11 is 0. The number of aliphatic imine (C=N–C) groups is 1. The highest BCUT2D eigenvalue weighted by atomic mass is 16.5. The quantitative estimate of drug-likeness (QED) is 0.582. The van der Waals surface area contributed by atoms with E-state index in [4.69, 9.17) is 10.5 Å². The number of ether oxygens (including phenoxy) is 1. The van der Waals surface area contributed by atoms with E-state index in [1.165, 1.54) is 51.4 Å². The normalized spacial score (nSPS) is 29.9. The Bertz CT molecular complexity index is 268. The van der Waals surface area contributed by atoms with Crippen molar-refractivity contribution in [3.63, 3.8) is 0 Å². The highest BCUT2D eigenvalue weighted by molar-refractivity contribution is 5.78. The van der Waals surface area contributed by atoms with Crippen molar-refractivity contribution in [2.75, 3.05) is 13.7 Å². The van der Waals surface area contributed by atoms with Gasteiger partial charge in [0.25, 0.3) is 0 Å². The summed E-state index contributed by atoms with van der Waals surface area (Å²) in [7, 11) is 1.82. The summed E-state index contributed by atoms with van der Waals surface area (Å²) in [5, 5.41) is 3.28. The molecule has 2 fully saturated rings. The summed E-state index contributed by atoms with van der Waals surface area (Å²) in [6, 6.07) is 0.589. The second-order valence-electron chi connectivity index (χ2n) is 5.71. The van der Waals surface area contributed by atoms with Crippen LogP contribution < -0.4 is 11.1 Å². The van der Waals surface area contributed by atoms with Crippen LogP contribution in [0.4, 0.5) is 0 Å². The van der Waals surface area contributed by atoms with E-state index in [-0.39, 0.29) is 0 Å². The molecule has 0 aromatic rings. The van der Waals surface area contributed by atoms with Gasteiger partial charge in [-0.15, -0.1) is 0 Å². The largest absolute Gasteiger partial charge is 0.381 e. The van der Waals surface area contributed by atoms with Gasteiger partial charge in [-0.05, 0) is 57.3 Å². The Morgan fingerprint density at radius 2 is 1.94 bits per heavy atom. The molecule has 3 N–H and O–H groups in total. The molecule has 0 unspecified atom stereocenters. The van der Waals surface area contributed by atoms with E-state index in [9.17, 15) is 0 Å². The van der Waals surface area contributed by atoms with E-state index in [1.54, 1.807) is 0 Å². The molecular formula is C14H27N3O. The number of nitrogens with two attached hydrogens (primary N) is 1. The van der Waals surface area contributed by atoms with E-state index in [1.807, 2.05) is 7.11 Å². The summed E-state index contributed by atoms with van der Waals surface area (Å²) in [6.07, 6.45) is 10.5. The average molecular weight is 253 g/mol. The number of methoxy groups -OCH3 is 1. The number of rotatable bonds is 5. The number of nitrogens with zero attached hydrogens (tertiary/aromatic N) is 1. The van der Waals surface area contributed by atoms with Crippen molar-refractivity contribution in [3.05, 3.63) is 0 Å². The molecule has 104 valence electrons. The molecule has 0 bridgehead atoms. The molecule has 0 radical (unpaired) electrons. The minimum Gasteiger partial charge on any atom is -0.381 e. The highest BCUT2D eigenvalue weighted by Crippen LogP contribution is 2.28. The fourth-order valence-corrected chi connectivity index (χ4v) is 2.83. The predicted molar refractivity (Wildman–Crippen MR) is 74.6 cm³/mol. The standard InChI is InChI=1S/C14H27N3O/c1-18-13-7-5-11(6-8-13)9-10-16-14(15)17-12-3-2-4-12/h11-13H,2-10H2,1H3,(H3,15,16,17). The lowest BCUT2D eigenvalue weighted by Gasteiger charge is -2.28. The number of guanidine groups is 1. The van der Waals surface area contributed by atoms with Crippen LogP contribution in [0, 0.1) is 5.92 Å². The first-order valence-electron chi connectivity index (χ1n) is 7.37. The van der Waals surface area contributed by atoms with Gasteiger partial charge in [0.05, 0.1) is 6.10 Å². The Balaban J connectivity index is 1.58. The second-order valence-corrected chi connectivity index (χ2v) is 5.71. The van der Waals surface area contributed by atoms with Crippen molar-refractivity contribution in [1.29, 1.82) is 0 Å². The molecule has 0 aromatic heterocycles. The maximum Gasteiger partial charge on any atom is 0.188 e. The molecule has 4 heteroatoms. The molecule has 0 heterocycles. The maximum absolute atomic E-state index is 5.86. The van der Waals surface area contributed by atoms with Gasteiger partial charge in [-0.2, -0.15) is 0 Å². The summed E-state index contributed by atoms with van der Waals surface area (Å²) < 4.78 is 5.39. The van der Waals surface area contributed by atoms with Crippen LogP contribution in [0.2, 0.25) is 0 Å². The summed E-state index contributed by atoms with van der Waals surface area (Å²) in [4.78, 5) is 4.43. The molecule has 0 aliphatic heterocycles. The highest BCUT2D eigenvalue weighted by Gasteiger charge is 2.20. The molecule has 0 atom stereocenters. The lowest BCUT2D eigenvalue weighted by molar-refractivity contribution is 0.0559. The zero-order valence-corrected chi connectivity index (χ0v) is 11.5. The van der Waals surface area contributed by atoms with E-state index < -0.39 is 0 Å². The van der Waals surface area contributed by atoms with Crippen LogP contribution in [0.25, 0.3) is 0 Å². The lowest BCUT2D eigenvalue weighted by atomic mass is 9.85. The van der Waals surface area contributed by atoms with E-state index in [2.05, 4.69) is 10.3 Å². The van der Waals surface area contributed by atoms with Crippen LogP contribution in [-0.4, -0.2) is 31.8 Å². The Morgan fingerprint density at radius 1 is 1.22 bits per heavy atom. The van der Waals surface area contributed by atoms with Crippen LogP contribution in [0.3, 0.4) is 0 Å². The second kappa shape index (κ2) is 6.98. The molecule has 2 saturated carbocycles. The molecule has 2 aliphatic rings. The SMILES string of the molecule is COC1CCC(CCN=C(N)NC2CCC2)CC1. The summed E-state index contributed by atoms with van der Waals surface area (Å²) in [5.41, 5.74) is 5.86. The molecular weight excluding hydrogens is 226 g/mol. The van der Waals surface area contributed by atoms with Gasteiger partial charge in [-0.25, -0.2) is 0 Å². The van der Waals surface area contributed by atoms with E-state index >= 15 is 0 Å².